The number of sulfonamides is 1. The number of hydrogen-bond acceptors (Lipinski definition) is 4. The van der Waals surface area contributed by atoms with Crippen LogP contribution in [-0.4, -0.2) is 30.2 Å². The maximum Gasteiger partial charge on any atom is 0.229 e. The van der Waals surface area contributed by atoms with Crippen molar-refractivity contribution in [3.05, 3.63) is 81.6 Å². The molecule has 0 saturated heterocycles. The zero-order valence-corrected chi connectivity index (χ0v) is 17.9. The van der Waals surface area contributed by atoms with E-state index in [1.807, 2.05) is 6.07 Å². The first-order chi connectivity index (χ1) is 13.6. The summed E-state index contributed by atoms with van der Waals surface area (Å²) in [6, 6.07) is 13.3. The molecule has 6 nitrogen and oxygen atoms in total. The SMILES string of the molecule is Cc1nn(-c2cccc(Cl)c2)c(Cl)c1/C=C/C(=O)c1ccc(NS(C)(=O)=O)cc1. The first-order valence-corrected chi connectivity index (χ1v) is 11.1. The van der Waals surface area contributed by atoms with Crippen LogP contribution in [0.2, 0.25) is 10.2 Å². The number of allylic oxidation sites excluding steroid dienone is 1. The molecule has 0 radical (unpaired) electrons. The molecule has 0 aliphatic rings. The smallest absolute Gasteiger partial charge is 0.229 e. The van der Waals surface area contributed by atoms with Gasteiger partial charge in [-0.25, -0.2) is 13.1 Å². The third-order valence-corrected chi connectivity index (χ3v) is 5.18. The zero-order valence-electron chi connectivity index (χ0n) is 15.6. The Hall–Kier alpha value is -2.61. The van der Waals surface area contributed by atoms with Crippen molar-refractivity contribution in [2.75, 3.05) is 11.0 Å². The van der Waals surface area contributed by atoms with Crippen LogP contribution >= 0.6 is 23.2 Å². The maximum atomic E-state index is 12.4. The number of aryl methyl sites for hydroxylation is 1. The highest BCUT2D eigenvalue weighted by atomic mass is 35.5. The zero-order chi connectivity index (χ0) is 21.2. The number of halogens is 2. The number of carbonyl (C=O) groups is 1. The largest absolute Gasteiger partial charge is 0.289 e. The Kier molecular flexibility index (Phi) is 6.12. The van der Waals surface area contributed by atoms with Gasteiger partial charge < -0.3 is 0 Å². The molecule has 0 unspecified atom stereocenters. The molecule has 0 aliphatic carbocycles. The minimum Gasteiger partial charge on any atom is -0.289 e. The summed E-state index contributed by atoms with van der Waals surface area (Å²) in [4.78, 5) is 12.4. The number of nitrogens with one attached hydrogen (secondary N) is 1. The van der Waals surface area contributed by atoms with Crippen LogP contribution in [0, 0.1) is 6.92 Å². The van der Waals surface area contributed by atoms with Crippen molar-refractivity contribution in [2.45, 2.75) is 6.92 Å². The third kappa shape index (κ3) is 5.26. The predicted molar refractivity (Wildman–Crippen MR) is 117 cm³/mol. The number of carbonyl (C=O) groups excluding carboxylic acids is 1. The summed E-state index contributed by atoms with van der Waals surface area (Å²) in [6.45, 7) is 1.79. The average molecular weight is 450 g/mol. The van der Waals surface area contributed by atoms with Gasteiger partial charge in [0.15, 0.2) is 5.78 Å². The van der Waals surface area contributed by atoms with Crippen LogP contribution in [0.15, 0.2) is 54.6 Å². The Labute approximate surface area is 178 Å². The van der Waals surface area contributed by atoms with Crippen LogP contribution < -0.4 is 4.72 Å². The van der Waals surface area contributed by atoms with Gasteiger partial charge in [0.2, 0.25) is 10.0 Å². The molecule has 1 heterocycles. The van der Waals surface area contributed by atoms with Crippen molar-refractivity contribution in [1.29, 1.82) is 0 Å². The van der Waals surface area contributed by atoms with Crippen molar-refractivity contribution in [1.82, 2.24) is 9.78 Å². The molecule has 29 heavy (non-hydrogen) atoms. The van der Waals surface area contributed by atoms with Crippen LogP contribution in [0.1, 0.15) is 21.6 Å². The molecule has 0 saturated carbocycles. The lowest BCUT2D eigenvalue weighted by atomic mass is 10.1. The first-order valence-electron chi connectivity index (χ1n) is 8.45. The van der Waals surface area contributed by atoms with Gasteiger partial charge in [0.1, 0.15) is 5.15 Å². The van der Waals surface area contributed by atoms with E-state index in [2.05, 4.69) is 9.82 Å². The monoisotopic (exact) mass is 449 g/mol. The molecule has 0 amide bonds. The molecule has 0 fully saturated rings. The van der Waals surface area contributed by atoms with Gasteiger partial charge in [-0.3, -0.25) is 9.52 Å². The van der Waals surface area contributed by atoms with Crippen molar-refractivity contribution < 1.29 is 13.2 Å². The van der Waals surface area contributed by atoms with E-state index in [-0.39, 0.29) is 5.78 Å². The van der Waals surface area contributed by atoms with E-state index in [0.29, 0.717) is 38.4 Å². The summed E-state index contributed by atoms with van der Waals surface area (Å²) >= 11 is 12.5. The lowest BCUT2D eigenvalue weighted by Gasteiger charge is -2.04. The summed E-state index contributed by atoms with van der Waals surface area (Å²) in [5, 5.41) is 5.34. The van der Waals surface area contributed by atoms with E-state index in [1.54, 1.807) is 48.0 Å². The third-order valence-electron chi connectivity index (χ3n) is 3.97. The quantitative estimate of drug-likeness (QED) is 0.434. The molecule has 1 N–H and O–H groups in total. The van der Waals surface area contributed by atoms with Crippen molar-refractivity contribution >= 4 is 50.8 Å². The van der Waals surface area contributed by atoms with Gasteiger partial charge in [-0.1, -0.05) is 29.3 Å². The first kappa shape index (κ1) is 21.1. The summed E-state index contributed by atoms with van der Waals surface area (Å²) in [6.07, 6.45) is 4.07. The molecular weight excluding hydrogens is 433 g/mol. The van der Waals surface area contributed by atoms with Crippen molar-refractivity contribution in [3.8, 4) is 5.69 Å². The van der Waals surface area contributed by atoms with Gasteiger partial charge in [-0.05, 0) is 61.5 Å². The summed E-state index contributed by atoms with van der Waals surface area (Å²) < 4.78 is 26.4. The topological polar surface area (TPSA) is 81.1 Å². The van der Waals surface area contributed by atoms with Crippen LogP contribution in [0.25, 0.3) is 11.8 Å². The number of rotatable bonds is 6. The highest BCUT2D eigenvalue weighted by molar-refractivity contribution is 7.92. The molecule has 3 rings (SSSR count). The van der Waals surface area contributed by atoms with E-state index < -0.39 is 10.0 Å². The predicted octanol–water partition coefficient (Wildman–Crippen LogP) is 4.76. The standard InChI is InChI=1S/C20H17Cl2N3O3S/c1-13-18(20(22)25(23-13)17-5-3-4-15(21)12-17)10-11-19(26)14-6-8-16(9-7-14)24-29(2,27)28/h3-12,24H,1-2H3/b11-10+. The van der Waals surface area contributed by atoms with E-state index >= 15 is 0 Å². The Morgan fingerprint density at radius 3 is 2.45 bits per heavy atom. The molecule has 2 aromatic carbocycles. The molecule has 0 aliphatic heterocycles. The Morgan fingerprint density at radius 2 is 1.83 bits per heavy atom. The Bertz CT molecular complexity index is 1200. The van der Waals surface area contributed by atoms with Crippen LogP contribution in [0.5, 0.6) is 0 Å². The number of nitrogens with zero attached hydrogens (tertiary/aromatic N) is 2. The van der Waals surface area contributed by atoms with Gasteiger partial charge in [0.25, 0.3) is 0 Å². The lowest BCUT2D eigenvalue weighted by molar-refractivity contribution is 0.104. The summed E-state index contributed by atoms with van der Waals surface area (Å²) in [5.74, 6) is -0.248. The van der Waals surface area contributed by atoms with Gasteiger partial charge >= 0.3 is 0 Å². The van der Waals surface area contributed by atoms with E-state index in [1.165, 1.54) is 18.2 Å². The minimum absolute atomic E-state index is 0.248. The highest BCUT2D eigenvalue weighted by Gasteiger charge is 2.13. The maximum absolute atomic E-state index is 12.4. The normalized spacial score (nSPS) is 11.7. The van der Waals surface area contributed by atoms with Gasteiger partial charge in [-0.15, -0.1) is 0 Å². The molecule has 1 aromatic heterocycles. The number of ketones is 1. The Balaban J connectivity index is 1.82. The fraction of sp³-hybridized carbons (Fsp3) is 0.100. The minimum atomic E-state index is -3.37. The molecule has 150 valence electrons. The van der Waals surface area contributed by atoms with Gasteiger partial charge in [0, 0.05) is 21.8 Å². The van der Waals surface area contributed by atoms with Crippen molar-refractivity contribution in [2.24, 2.45) is 0 Å². The van der Waals surface area contributed by atoms with E-state index in [4.69, 9.17) is 23.2 Å². The van der Waals surface area contributed by atoms with Crippen LogP contribution in [0.4, 0.5) is 5.69 Å². The number of hydrogen-bond donors (Lipinski definition) is 1. The van der Waals surface area contributed by atoms with E-state index in [9.17, 15) is 13.2 Å². The van der Waals surface area contributed by atoms with Gasteiger partial charge in [-0.2, -0.15) is 5.10 Å². The highest BCUT2D eigenvalue weighted by Crippen LogP contribution is 2.26. The van der Waals surface area contributed by atoms with Crippen molar-refractivity contribution in [3.63, 3.8) is 0 Å². The molecule has 3 aromatic rings. The number of aromatic nitrogens is 2. The second-order valence-corrected chi connectivity index (χ2v) is 8.87. The molecule has 9 heteroatoms. The van der Waals surface area contributed by atoms with Crippen LogP contribution in [0.3, 0.4) is 0 Å². The number of anilines is 1. The second-order valence-electron chi connectivity index (χ2n) is 6.33. The van der Waals surface area contributed by atoms with Crippen LogP contribution in [-0.2, 0) is 10.0 Å². The lowest BCUT2D eigenvalue weighted by Crippen LogP contribution is -2.09. The summed E-state index contributed by atoms with van der Waals surface area (Å²) in [5.41, 5.74) is 2.79. The molecule has 0 atom stereocenters. The number of benzene rings is 2. The fourth-order valence-corrected chi connectivity index (χ4v) is 3.74. The summed E-state index contributed by atoms with van der Waals surface area (Å²) in [7, 11) is -3.37. The van der Waals surface area contributed by atoms with E-state index in [0.717, 1.165) is 6.26 Å². The molecule has 0 spiro atoms. The Morgan fingerprint density at radius 1 is 1.14 bits per heavy atom. The van der Waals surface area contributed by atoms with Gasteiger partial charge in [0.05, 0.1) is 17.6 Å². The second kappa shape index (κ2) is 8.41. The average Bonchev–Trinajstić information content (AvgIpc) is 2.93. The fourth-order valence-electron chi connectivity index (χ4n) is 2.65. The molecular formula is C20H17Cl2N3O3S. The molecule has 0 bridgehead atoms.